The molecule has 158 valence electrons. The zero-order valence-corrected chi connectivity index (χ0v) is 18.8. The minimum atomic E-state index is -0.272. The number of ether oxygens (including phenoxy) is 2. The fourth-order valence-corrected chi connectivity index (χ4v) is 5.00. The van der Waals surface area contributed by atoms with E-state index in [4.69, 9.17) is 14.5 Å². The summed E-state index contributed by atoms with van der Waals surface area (Å²) < 4.78 is 11.6. The largest absolute Gasteiger partial charge is 0.378 e. The summed E-state index contributed by atoms with van der Waals surface area (Å²) in [5.74, 6) is 1.87. The lowest BCUT2D eigenvalue weighted by molar-refractivity contribution is -0.0402. The molecule has 0 unspecified atom stereocenters. The van der Waals surface area contributed by atoms with Gasteiger partial charge in [0.25, 0.3) is 0 Å². The van der Waals surface area contributed by atoms with Gasteiger partial charge in [0.05, 0.1) is 31.0 Å². The molecule has 30 heavy (non-hydrogen) atoms. The Labute approximate surface area is 183 Å². The molecule has 0 aliphatic carbocycles. The summed E-state index contributed by atoms with van der Waals surface area (Å²) in [6.45, 7) is 9.85. The van der Waals surface area contributed by atoms with E-state index < -0.39 is 0 Å². The highest BCUT2D eigenvalue weighted by Gasteiger charge is 2.33. The van der Waals surface area contributed by atoms with Gasteiger partial charge < -0.3 is 14.4 Å². The van der Waals surface area contributed by atoms with Crippen molar-refractivity contribution in [3.05, 3.63) is 52.1 Å². The number of rotatable bonds is 5. The normalized spacial score (nSPS) is 18.0. The molecule has 0 atom stereocenters. The van der Waals surface area contributed by atoms with Crippen molar-refractivity contribution in [3.8, 4) is 6.07 Å². The van der Waals surface area contributed by atoms with Crippen molar-refractivity contribution < 1.29 is 9.47 Å². The molecular formula is C24H29N3O2S. The fraction of sp³-hybridized carbons (Fsp3) is 0.500. The first-order valence-corrected chi connectivity index (χ1v) is 11.6. The van der Waals surface area contributed by atoms with E-state index in [0.29, 0.717) is 19.8 Å². The van der Waals surface area contributed by atoms with Gasteiger partial charge in [-0.05, 0) is 38.3 Å². The summed E-state index contributed by atoms with van der Waals surface area (Å²) in [4.78, 5) is 7.29. The first-order valence-electron chi connectivity index (χ1n) is 10.6. The highest BCUT2D eigenvalue weighted by molar-refractivity contribution is 7.99. The molecule has 6 heteroatoms. The van der Waals surface area contributed by atoms with Crippen LogP contribution in [0.2, 0.25) is 0 Å². The van der Waals surface area contributed by atoms with Crippen molar-refractivity contribution in [2.75, 3.05) is 37.0 Å². The number of fused-ring (bicyclic) bond motifs is 1. The molecule has 0 bridgehead atoms. The van der Waals surface area contributed by atoms with Gasteiger partial charge in [0.1, 0.15) is 16.9 Å². The molecule has 1 saturated heterocycles. The van der Waals surface area contributed by atoms with E-state index >= 15 is 0 Å². The standard InChI is InChI=1S/C24H29N3O2S/c1-17-4-6-18(7-5-17)8-13-30-23-20(15-25)19-14-24(2,3)29-16-21(19)22(26-23)27-9-11-28-12-10-27/h4-7H,8-14,16H2,1-3H3. The molecule has 2 aromatic rings. The number of hydrogen-bond donors (Lipinski definition) is 0. The van der Waals surface area contributed by atoms with Crippen LogP contribution in [0.1, 0.15) is 41.7 Å². The van der Waals surface area contributed by atoms with Crippen molar-refractivity contribution in [1.82, 2.24) is 4.98 Å². The van der Waals surface area contributed by atoms with Crippen LogP contribution in [0.4, 0.5) is 5.82 Å². The van der Waals surface area contributed by atoms with Crippen LogP contribution in [0.15, 0.2) is 29.3 Å². The number of pyridine rings is 1. The number of thioether (sulfide) groups is 1. The number of nitrogens with zero attached hydrogens (tertiary/aromatic N) is 3. The Morgan fingerprint density at radius 1 is 1.17 bits per heavy atom. The van der Waals surface area contributed by atoms with Gasteiger partial charge in [0.2, 0.25) is 0 Å². The predicted octanol–water partition coefficient (Wildman–Crippen LogP) is 4.28. The van der Waals surface area contributed by atoms with Crippen LogP contribution in [0.25, 0.3) is 0 Å². The van der Waals surface area contributed by atoms with Crippen LogP contribution in [0, 0.1) is 18.3 Å². The Morgan fingerprint density at radius 3 is 2.60 bits per heavy atom. The van der Waals surface area contributed by atoms with E-state index in [1.165, 1.54) is 11.1 Å². The van der Waals surface area contributed by atoms with Gasteiger partial charge in [0.15, 0.2) is 0 Å². The third kappa shape index (κ3) is 4.64. The third-order valence-electron chi connectivity index (χ3n) is 5.74. The summed E-state index contributed by atoms with van der Waals surface area (Å²) in [6.07, 6.45) is 1.69. The van der Waals surface area contributed by atoms with Crippen molar-refractivity contribution in [3.63, 3.8) is 0 Å². The zero-order valence-electron chi connectivity index (χ0n) is 18.0. The molecule has 4 rings (SSSR count). The van der Waals surface area contributed by atoms with Crippen LogP contribution in [-0.4, -0.2) is 42.6 Å². The molecule has 0 spiro atoms. The Bertz CT molecular complexity index is 944. The average Bonchev–Trinajstić information content (AvgIpc) is 2.74. The fourth-order valence-electron chi connectivity index (χ4n) is 4.00. The minimum absolute atomic E-state index is 0.272. The van der Waals surface area contributed by atoms with E-state index in [1.54, 1.807) is 11.8 Å². The molecule has 1 fully saturated rings. The maximum absolute atomic E-state index is 10.0. The lowest BCUT2D eigenvalue weighted by atomic mass is 9.89. The molecule has 1 aromatic carbocycles. The van der Waals surface area contributed by atoms with E-state index in [9.17, 15) is 5.26 Å². The molecule has 2 aliphatic rings. The topological polar surface area (TPSA) is 58.4 Å². The predicted molar refractivity (Wildman–Crippen MR) is 120 cm³/mol. The highest BCUT2D eigenvalue weighted by Crippen LogP contribution is 2.38. The second-order valence-electron chi connectivity index (χ2n) is 8.59. The second kappa shape index (κ2) is 8.97. The van der Waals surface area contributed by atoms with Gasteiger partial charge in [-0.3, -0.25) is 0 Å². The van der Waals surface area contributed by atoms with Gasteiger partial charge in [0, 0.05) is 30.8 Å². The van der Waals surface area contributed by atoms with Crippen LogP contribution in [-0.2, 0) is 28.9 Å². The molecule has 0 amide bonds. The lowest BCUT2D eigenvalue weighted by Gasteiger charge is -2.36. The third-order valence-corrected chi connectivity index (χ3v) is 6.72. The number of hydrogen-bond acceptors (Lipinski definition) is 6. The summed E-state index contributed by atoms with van der Waals surface area (Å²) in [5.41, 5.74) is 5.24. The minimum Gasteiger partial charge on any atom is -0.378 e. The molecule has 0 radical (unpaired) electrons. The van der Waals surface area contributed by atoms with Gasteiger partial charge in [-0.2, -0.15) is 5.26 Å². The molecular weight excluding hydrogens is 394 g/mol. The SMILES string of the molecule is Cc1ccc(CCSc2nc(N3CCOCC3)c3c(c2C#N)CC(C)(C)OC3)cc1. The maximum atomic E-state index is 10.0. The zero-order chi connectivity index (χ0) is 21.1. The maximum Gasteiger partial charge on any atom is 0.135 e. The number of benzene rings is 1. The van der Waals surface area contributed by atoms with E-state index in [-0.39, 0.29) is 5.60 Å². The number of aryl methyl sites for hydroxylation is 2. The summed E-state index contributed by atoms with van der Waals surface area (Å²) >= 11 is 1.69. The summed E-state index contributed by atoms with van der Waals surface area (Å²) in [5, 5.41) is 10.9. The van der Waals surface area contributed by atoms with Gasteiger partial charge in [-0.15, -0.1) is 11.8 Å². The van der Waals surface area contributed by atoms with Crippen LogP contribution >= 0.6 is 11.8 Å². The average molecular weight is 424 g/mol. The Morgan fingerprint density at radius 2 is 1.90 bits per heavy atom. The Hall–Kier alpha value is -2.07. The van der Waals surface area contributed by atoms with Crippen LogP contribution in [0.5, 0.6) is 0 Å². The highest BCUT2D eigenvalue weighted by atomic mass is 32.2. The second-order valence-corrected chi connectivity index (χ2v) is 9.68. The Kier molecular flexibility index (Phi) is 6.33. The molecule has 0 N–H and O–H groups in total. The quantitative estimate of drug-likeness (QED) is 0.669. The molecule has 5 nitrogen and oxygen atoms in total. The van der Waals surface area contributed by atoms with Crippen molar-refractivity contribution in [1.29, 1.82) is 5.26 Å². The van der Waals surface area contributed by atoms with Crippen molar-refractivity contribution >= 4 is 17.6 Å². The Balaban J connectivity index is 1.64. The number of aromatic nitrogens is 1. The molecule has 1 aromatic heterocycles. The van der Waals surface area contributed by atoms with Gasteiger partial charge >= 0.3 is 0 Å². The van der Waals surface area contributed by atoms with E-state index in [2.05, 4.69) is 56.0 Å². The first-order chi connectivity index (χ1) is 14.5. The van der Waals surface area contributed by atoms with Crippen LogP contribution in [0.3, 0.4) is 0 Å². The molecule has 2 aliphatic heterocycles. The number of nitriles is 1. The lowest BCUT2D eigenvalue weighted by Crippen LogP contribution is -2.39. The van der Waals surface area contributed by atoms with Crippen LogP contribution < -0.4 is 4.90 Å². The number of morpholine rings is 1. The summed E-state index contributed by atoms with van der Waals surface area (Å²) in [7, 11) is 0. The molecule has 3 heterocycles. The number of anilines is 1. The monoisotopic (exact) mass is 423 g/mol. The van der Waals surface area contributed by atoms with E-state index in [0.717, 1.165) is 59.2 Å². The molecule has 0 saturated carbocycles. The smallest absolute Gasteiger partial charge is 0.135 e. The summed E-state index contributed by atoms with van der Waals surface area (Å²) in [6, 6.07) is 11.1. The van der Waals surface area contributed by atoms with Gasteiger partial charge in [-0.25, -0.2) is 4.98 Å². The van der Waals surface area contributed by atoms with Gasteiger partial charge in [-0.1, -0.05) is 29.8 Å². The van der Waals surface area contributed by atoms with Crippen molar-refractivity contribution in [2.24, 2.45) is 0 Å². The first kappa shape index (κ1) is 21.2. The van der Waals surface area contributed by atoms with E-state index in [1.807, 2.05) is 0 Å². The van der Waals surface area contributed by atoms with Crippen molar-refractivity contribution in [2.45, 2.75) is 50.8 Å².